The largest absolute Gasteiger partial charge is 0.481 e. The van der Waals surface area contributed by atoms with Crippen LogP contribution in [0.3, 0.4) is 0 Å². The third-order valence-corrected chi connectivity index (χ3v) is 8.01. The van der Waals surface area contributed by atoms with Crippen molar-refractivity contribution in [3.63, 3.8) is 0 Å². The predicted octanol–water partition coefficient (Wildman–Crippen LogP) is 5.09. The average molecular weight is 565 g/mol. The number of carboxylic acids is 1. The predicted molar refractivity (Wildman–Crippen MR) is 140 cm³/mol. The van der Waals surface area contributed by atoms with Gasteiger partial charge in [0.15, 0.2) is 0 Å². The number of amides is 2. The number of nitrogens with zero attached hydrogens (tertiary/aromatic N) is 2. The van der Waals surface area contributed by atoms with Gasteiger partial charge in [0.1, 0.15) is 5.54 Å². The van der Waals surface area contributed by atoms with Gasteiger partial charge in [-0.1, -0.05) is 36.2 Å². The fraction of sp³-hybridized carbons (Fsp3) is 0.346. The zero-order valence-electron chi connectivity index (χ0n) is 20.4. The van der Waals surface area contributed by atoms with Crippen molar-refractivity contribution in [3.8, 4) is 0 Å². The third kappa shape index (κ3) is 4.20. The van der Waals surface area contributed by atoms with E-state index >= 15 is 8.78 Å². The summed E-state index contributed by atoms with van der Waals surface area (Å²) in [5.74, 6) is -7.06. The van der Waals surface area contributed by atoms with Crippen LogP contribution in [0.25, 0.3) is 10.9 Å². The summed E-state index contributed by atoms with van der Waals surface area (Å²) in [5, 5.41) is 16.1. The van der Waals surface area contributed by atoms with Crippen LogP contribution in [0.2, 0.25) is 10.0 Å². The lowest BCUT2D eigenvalue weighted by molar-refractivity contribution is -0.147. The maximum absolute atomic E-state index is 15.0. The fourth-order valence-electron chi connectivity index (χ4n) is 5.69. The molecule has 5 rings (SSSR count). The number of carbonyl (C=O) groups excluding carboxylic acids is 2. The van der Waals surface area contributed by atoms with Crippen LogP contribution in [-0.2, 0) is 27.0 Å². The van der Waals surface area contributed by atoms with E-state index in [1.807, 2.05) is 29.9 Å². The number of carbonyl (C=O) groups is 3. The number of aromatic nitrogens is 1. The Bertz CT molecular complexity index is 1490. The monoisotopic (exact) mass is 564 g/mol. The van der Waals surface area contributed by atoms with Crippen molar-refractivity contribution in [1.29, 1.82) is 0 Å². The Morgan fingerprint density at radius 1 is 1.26 bits per heavy atom. The van der Waals surface area contributed by atoms with Gasteiger partial charge in [0.25, 0.3) is 5.92 Å². The molecule has 1 fully saturated rings. The van der Waals surface area contributed by atoms with Gasteiger partial charge in [-0.3, -0.25) is 19.3 Å². The molecular weight excluding hydrogens is 541 g/mol. The molecule has 0 saturated carbocycles. The van der Waals surface area contributed by atoms with E-state index in [1.54, 1.807) is 12.1 Å². The lowest BCUT2D eigenvalue weighted by atomic mass is 9.83. The topological polar surface area (TPSA) is 104 Å². The van der Waals surface area contributed by atoms with Crippen LogP contribution in [0.15, 0.2) is 42.6 Å². The molecule has 3 aromatic rings. The Labute approximate surface area is 226 Å². The van der Waals surface area contributed by atoms with Gasteiger partial charge in [-0.15, -0.1) is 0 Å². The van der Waals surface area contributed by atoms with Gasteiger partial charge in [-0.25, -0.2) is 8.78 Å². The highest BCUT2D eigenvalue weighted by atomic mass is 35.5. The summed E-state index contributed by atoms with van der Waals surface area (Å²) in [4.78, 5) is 40.1. The van der Waals surface area contributed by atoms with Crippen molar-refractivity contribution in [1.82, 2.24) is 9.47 Å². The normalized spacial score (nSPS) is 23.3. The molecule has 0 spiro atoms. The van der Waals surface area contributed by atoms with Gasteiger partial charge in [-0.05, 0) is 30.3 Å². The summed E-state index contributed by atoms with van der Waals surface area (Å²) in [6.45, 7) is 0.570. The summed E-state index contributed by atoms with van der Waals surface area (Å²) in [7, 11) is 1.86. The summed E-state index contributed by atoms with van der Waals surface area (Å²) in [6.07, 6.45) is 0.271. The number of halogens is 4. The molecule has 3 heterocycles. The molecule has 0 unspecified atom stereocenters. The molecule has 200 valence electrons. The number of carboxylic acid groups (broad SMARTS) is 1. The van der Waals surface area contributed by atoms with Crippen LogP contribution in [0.1, 0.15) is 25.3 Å². The van der Waals surface area contributed by atoms with E-state index in [2.05, 4.69) is 10.6 Å². The van der Waals surface area contributed by atoms with Crippen molar-refractivity contribution >= 4 is 63.3 Å². The molecule has 3 atom stereocenters. The first-order valence-electron chi connectivity index (χ1n) is 11.9. The molecule has 8 nitrogen and oxygen atoms in total. The number of fused-ring (bicyclic) bond motifs is 2. The highest BCUT2D eigenvalue weighted by Crippen LogP contribution is 2.52. The lowest BCUT2D eigenvalue weighted by Gasteiger charge is -2.41. The number of aryl methyl sites for hydroxylation is 1. The molecule has 1 aromatic heterocycles. The SMILES string of the molecule is C[C@@H](C(=O)Nc1cccc2c1ccn2C)[C@H]1CC(F)(F)CN1[C@@]1(CC(=O)O)C(=O)Nc2c(Cl)cc(Cl)cc21. The minimum Gasteiger partial charge on any atom is -0.481 e. The molecule has 0 bridgehead atoms. The number of anilines is 2. The van der Waals surface area contributed by atoms with Crippen molar-refractivity contribution in [2.24, 2.45) is 13.0 Å². The molecule has 0 aliphatic carbocycles. The molecule has 38 heavy (non-hydrogen) atoms. The molecule has 2 aromatic carbocycles. The molecule has 0 radical (unpaired) electrons. The molecule has 2 amide bonds. The molecule has 2 aliphatic heterocycles. The highest BCUT2D eigenvalue weighted by Gasteiger charge is 2.62. The second-order valence-corrected chi connectivity index (χ2v) is 10.7. The van der Waals surface area contributed by atoms with Crippen molar-refractivity contribution < 1.29 is 28.3 Å². The van der Waals surface area contributed by atoms with Crippen molar-refractivity contribution in [2.45, 2.75) is 37.3 Å². The van der Waals surface area contributed by atoms with E-state index in [9.17, 15) is 19.5 Å². The number of alkyl halides is 2. The van der Waals surface area contributed by atoms with Crippen molar-refractivity contribution in [2.75, 3.05) is 17.2 Å². The van der Waals surface area contributed by atoms with Crippen LogP contribution in [-0.4, -0.2) is 50.9 Å². The summed E-state index contributed by atoms with van der Waals surface area (Å²) in [6, 6.07) is 8.76. The highest BCUT2D eigenvalue weighted by molar-refractivity contribution is 6.38. The third-order valence-electron chi connectivity index (χ3n) is 7.50. The Kier molecular flexibility index (Phi) is 6.40. The molecular formula is C26H24Cl2F2N4O4. The fourth-order valence-corrected chi connectivity index (χ4v) is 6.23. The van der Waals surface area contributed by atoms with Gasteiger partial charge in [0, 0.05) is 47.2 Å². The smallest absolute Gasteiger partial charge is 0.306 e. The van der Waals surface area contributed by atoms with E-state index in [0.29, 0.717) is 5.69 Å². The summed E-state index contributed by atoms with van der Waals surface area (Å²) < 4.78 is 31.9. The molecule has 2 aliphatic rings. The van der Waals surface area contributed by atoms with E-state index in [-0.39, 0.29) is 21.3 Å². The Morgan fingerprint density at radius 3 is 2.71 bits per heavy atom. The Morgan fingerprint density at radius 2 is 2.00 bits per heavy atom. The summed E-state index contributed by atoms with van der Waals surface area (Å²) in [5.41, 5.74) is -0.457. The first-order valence-corrected chi connectivity index (χ1v) is 12.6. The average Bonchev–Trinajstić information content (AvgIpc) is 3.46. The van der Waals surface area contributed by atoms with Gasteiger partial charge in [0.05, 0.1) is 35.3 Å². The summed E-state index contributed by atoms with van der Waals surface area (Å²) >= 11 is 12.5. The van der Waals surface area contributed by atoms with Crippen LogP contribution in [0.5, 0.6) is 0 Å². The second kappa shape index (κ2) is 9.21. The van der Waals surface area contributed by atoms with Crippen LogP contribution in [0.4, 0.5) is 20.2 Å². The second-order valence-electron chi connectivity index (χ2n) is 9.89. The minimum absolute atomic E-state index is 0.0531. The van der Waals surface area contributed by atoms with Crippen LogP contribution < -0.4 is 10.6 Å². The first-order chi connectivity index (χ1) is 17.8. The maximum Gasteiger partial charge on any atom is 0.306 e. The zero-order valence-corrected chi connectivity index (χ0v) is 21.9. The maximum atomic E-state index is 15.0. The standard InChI is InChI=1S/C26H24Cl2F2N4O4/c1-13(23(37)31-18-4-3-5-19-15(18)6-7-33(19)2)20-10-25(29,30)12-34(20)26(11-21(35)36)16-8-14(27)9-17(28)22(16)32-24(26)38/h3-9,13,20H,10-12H2,1-2H3,(H,31,37)(H,32,38)(H,35,36)/t13-,20-,26-/m1/s1. The molecule has 1 saturated heterocycles. The van der Waals surface area contributed by atoms with E-state index in [0.717, 1.165) is 15.8 Å². The zero-order chi connectivity index (χ0) is 27.6. The van der Waals surface area contributed by atoms with E-state index in [4.69, 9.17) is 23.2 Å². The van der Waals surface area contributed by atoms with Crippen molar-refractivity contribution in [3.05, 3.63) is 58.2 Å². The number of hydrogen-bond acceptors (Lipinski definition) is 4. The number of aliphatic carboxylic acids is 1. The molecule has 3 N–H and O–H groups in total. The van der Waals surface area contributed by atoms with Crippen LogP contribution >= 0.6 is 23.2 Å². The van der Waals surface area contributed by atoms with Crippen LogP contribution in [0, 0.1) is 5.92 Å². The van der Waals surface area contributed by atoms with Gasteiger partial charge < -0.3 is 20.3 Å². The Balaban J connectivity index is 1.56. The number of likely N-dealkylation sites (tertiary alicyclic amines) is 1. The van der Waals surface area contributed by atoms with Gasteiger partial charge >= 0.3 is 5.97 Å². The van der Waals surface area contributed by atoms with Gasteiger partial charge in [-0.2, -0.15) is 0 Å². The minimum atomic E-state index is -3.28. The molecule has 12 heteroatoms. The quantitative estimate of drug-likeness (QED) is 0.387. The lowest BCUT2D eigenvalue weighted by Crippen LogP contribution is -2.57. The Hall–Kier alpha value is -3.21. The number of rotatable bonds is 6. The van der Waals surface area contributed by atoms with E-state index < -0.39 is 60.6 Å². The number of nitrogens with one attached hydrogen (secondary N) is 2. The number of benzene rings is 2. The van der Waals surface area contributed by atoms with Gasteiger partial charge in [0.2, 0.25) is 11.8 Å². The van der Waals surface area contributed by atoms with E-state index in [1.165, 1.54) is 19.1 Å². The number of hydrogen-bond donors (Lipinski definition) is 3. The first kappa shape index (κ1) is 26.4.